The average molecular weight is 273 g/mol. The lowest BCUT2D eigenvalue weighted by Gasteiger charge is -2.29. The Labute approximate surface area is 116 Å². The first-order valence-corrected chi connectivity index (χ1v) is 6.25. The van der Waals surface area contributed by atoms with Crippen LogP contribution in [-0.4, -0.2) is 30.1 Å². The Morgan fingerprint density at radius 2 is 2.15 bits per heavy atom. The van der Waals surface area contributed by atoms with Crippen molar-refractivity contribution in [2.24, 2.45) is 0 Å². The van der Waals surface area contributed by atoms with Crippen molar-refractivity contribution in [3.05, 3.63) is 48.1 Å². The van der Waals surface area contributed by atoms with E-state index in [4.69, 9.17) is 9.84 Å². The van der Waals surface area contributed by atoms with E-state index >= 15 is 0 Å². The van der Waals surface area contributed by atoms with Crippen LogP contribution in [0.5, 0.6) is 5.75 Å². The Balaban J connectivity index is 2.36. The first kappa shape index (κ1) is 13.9. The van der Waals surface area contributed by atoms with Crippen LogP contribution in [0.3, 0.4) is 0 Å². The number of carbonyl (C=O) groups excluding carboxylic acids is 1. The number of ether oxygens (including phenoxy) is 1. The second-order valence-electron chi connectivity index (χ2n) is 4.18. The third-order valence-electron chi connectivity index (χ3n) is 2.89. The molecule has 5 heteroatoms. The summed E-state index contributed by atoms with van der Waals surface area (Å²) in [5, 5.41) is 9.13. The molecule has 0 atom stereocenters. The number of anilines is 1. The molecule has 1 aromatic rings. The molecule has 1 amide bonds. The van der Waals surface area contributed by atoms with Crippen molar-refractivity contribution < 1.29 is 19.4 Å². The van der Waals surface area contributed by atoms with E-state index in [1.807, 2.05) is 13.0 Å². The van der Waals surface area contributed by atoms with E-state index in [1.165, 1.54) is 17.0 Å². The van der Waals surface area contributed by atoms with Gasteiger partial charge < -0.3 is 14.7 Å². The molecule has 2 rings (SSSR count). The quantitative estimate of drug-likeness (QED) is 0.677. The number of hydrogen-bond acceptors (Lipinski definition) is 3. The molecule has 1 aliphatic heterocycles. The van der Waals surface area contributed by atoms with E-state index in [0.29, 0.717) is 12.2 Å². The highest BCUT2D eigenvalue weighted by Gasteiger charge is 2.26. The van der Waals surface area contributed by atoms with Crippen LogP contribution in [-0.2, 0) is 4.79 Å². The van der Waals surface area contributed by atoms with E-state index in [1.54, 1.807) is 24.3 Å². The fraction of sp³-hybridized carbons (Fsp3) is 0.200. The van der Waals surface area contributed by atoms with Crippen molar-refractivity contribution in [1.29, 1.82) is 0 Å². The normalized spacial score (nSPS) is 14.3. The number of rotatable bonds is 3. The summed E-state index contributed by atoms with van der Waals surface area (Å²) in [6, 6.07) is 4.75. The predicted octanol–water partition coefficient (Wildman–Crippen LogP) is 2.24. The maximum Gasteiger partial charge on any atom is 0.339 e. The Hall–Kier alpha value is -2.56. The number of nitrogens with zero attached hydrogens (tertiary/aromatic N) is 1. The van der Waals surface area contributed by atoms with Crippen molar-refractivity contribution >= 4 is 17.6 Å². The smallest absolute Gasteiger partial charge is 0.339 e. The van der Waals surface area contributed by atoms with Crippen LogP contribution >= 0.6 is 0 Å². The largest absolute Gasteiger partial charge is 0.489 e. The molecule has 1 heterocycles. The molecule has 1 N–H and O–H groups in total. The molecular weight excluding hydrogens is 258 g/mol. The van der Waals surface area contributed by atoms with Gasteiger partial charge in [0.1, 0.15) is 12.2 Å². The van der Waals surface area contributed by atoms with Gasteiger partial charge in [0.05, 0.1) is 12.2 Å². The minimum absolute atomic E-state index is 0.0671. The Morgan fingerprint density at radius 3 is 2.85 bits per heavy atom. The fourth-order valence-corrected chi connectivity index (χ4v) is 1.98. The van der Waals surface area contributed by atoms with Crippen LogP contribution in [0.2, 0.25) is 0 Å². The summed E-state index contributed by atoms with van der Waals surface area (Å²) in [5.41, 5.74) is 0.559. The molecule has 20 heavy (non-hydrogen) atoms. The summed E-state index contributed by atoms with van der Waals surface area (Å²) in [5.74, 6) is -1.02. The third kappa shape index (κ3) is 2.71. The first-order chi connectivity index (χ1) is 9.65. The molecule has 0 aromatic heterocycles. The molecule has 1 aliphatic rings. The maximum atomic E-state index is 12.1. The number of aromatic carboxylic acids is 1. The lowest BCUT2D eigenvalue weighted by atomic mass is 10.1. The molecule has 0 saturated carbocycles. The van der Waals surface area contributed by atoms with Crippen molar-refractivity contribution in [2.45, 2.75) is 6.92 Å². The summed E-state index contributed by atoms with van der Waals surface area (Å²) in [6.45, 7) is 2.54. The number of benzene rings is 1. The molecular formula is C15H15NO4. The molecule has 104 valence electrons. The second-order valence-corrected chi connectivity index (χ2v) is 4.18. The van der Waals surface area contributed by atoms with Crippen LogP contribution in [0.15, 0.2) is 42.5 Å². The maximum absolute atomic E-state index is 12.1. The number of allylic oxidation sites excluding steroid dienone is 3. The molecule has 0 saturated heterocycles. The van der Waals surface area contributed by atoms with E-state index < -0.39 is 5.97 Å². The van der Waals surface area contributed by atoms with E-state index in [9.17, 15) is 9.59 Å². The fourth-order valence-electron chi connectivity index (χ4n) is 1.98. The molecule has 0 radical (unpaired) electrons. The summed E-state index contributed by atoms with van der Waals surface area (Å²) < 4.78 is 5.41. The van der Waals surface area contributed by atoms with Gasteiger partial charge in [0.25, 0.3) is 5.91 Å². The van der Waals surface area contributed by atoms with Gasteiger partial charge in [-0.1, -0.05) is 24.3 Å². The zero-order chi connectivity index (χ0) is 14.5. The number of carboxylic acids is 1. The van der Waals surface area contributed by atoms with Gasteiger partial charge >= 0.3 is 5.97 Å². The third-order valence-corrected chi connectivity index (χ3v) is 2.89. The van der Waals surface area contributed by atoms with Gasteiger partial charge in [-0.3, -0.25) is 4.79 Å². The van der Waals surface area contributed by atoms with Crippen LogP contribution in [0.4, 0.5) is 5.69 Å². The van der Waals surface area contributed by atoms with Crippen LogP contribution in [0.25, 0.3) is 0 Å². The van der Waals surface area contributed by atoms with Gasteiger partial charge in [-0.05, 0) is 19.1 Å². The average Bonchev–Trinajstić information content (AvgIpc) is 2.46. The van der Waals surface area contributed by atoms with Gasteiger partial charge in [0.15, 0.2) is 5.75 Å². The predicted molar refractivity (Wildman–Crippen MR) is 75.2 cm³/mol. The highest BCUT2D eigenvalue weighted by atomic mass is 16.5. The van der Waals surface area contributed by atoms with Crippen LogP contribution < -0.4 is 9.64 Å². The number of fused-ring (bicyclic) bond motifs is 1. The second kappa shape index (κ2) is 6.06. The van der Waals surface area contributed by atoms with E-state index in [0.717, 1.165) is 0 Å². The van der Waals surface area contributed by atoms with Gasteiger partial charge in [0.2, 0.25) is 0 Å². The summed E-state index contributed by atoms with van der Waals surface area (Å²) in [6.07, 6.45) is 6.67. The summed E-state index contributed by atoms with van der Waals surface area (Å²) in [7, 11) is 0. The van der Waals surface area contributed by atoms with Crippen molar-refractivity contribution in [3.8, 4) is 5.75 Å². The Bertz CT molecular complexity index is 590. The first-order valence-electron chi connectivity index (χ1n) is 6.25. The monoisotopic (exact) mass is 273 g/mol. The molecule has 0 spiro atoms. The Morgan fingerprint density at radius 1 is 1.35 bits per heavy atom. The molecule has 0 aliphatic carbocycles. The van der Waals surface area contributed by atoms with Crippen molar-refractivity contribution in [3.63, 3.8) is 0 Å². The van der Waals surface area contributed by atoms with Crippen LogP contribution in [0, 0.1) is 0 Å². The standard InChI is InChI=1S/C15H15NO4/c1-2-3-4-8-13(17)16-9-10-20-14-11(15(18)19)6-5-7-12(14)16/h2-8H,9-10H2,1H3,(H,18,19). The minimum Gasteiger partial charge on any atom is -0.489 e. The van der Waals surface area contributed by atoms with Gasteiger partial charge in [-0.2, -0.15) is 0 Å². The minimum atomic E-state index is -1.07. The number of carbonyl (C=O) groups is 2. The SMILES string of the molecule is CC=CC=CC(=O)N1CCOc2c(C(=O)O)cccc21. The lowest BCUT2D eigenvalue weighted by Crippen LogP contribution is -2.37. The molecule has 1 aromatic carbocycles. The zero-order valence-electron chi connectivity index (χ0n) is 11.1. The topological polar surface area (TPSA) is 66.8 Å². The van der Waals surface area contributed by atoms with E-state index in [-0.39, 0.29) is 23.8 Å². The number of carboxylic acid groups (broad SMARTS) is 1. The zero-order valence-corrected chi connectivity index (χ0v) is 11.1. The molecule has 0 unspecified atom stereocenters. The molecule has 5 nitrogen and oxygen atoms in total. The number of para-hydroxylation sites is 1. The number of amides is 1. The van der Waals surface area contributed by atoms with Crippen molar-refractivity contribution in [2.75, 3.05) is 18.1 Å². The molecule has 0 fully saturated rings. The highest BCUT2D eigenvalue weighted by molar-refractivity contribution is 6.04. The number of hydrogen-bond donors (Lipinski definition) is 1. The van der Waals surface area contributed by atoms with Crippen LogP contribution in [0.1, 0.15) is 17.3 Å². The van der Waals surface area contributed by atoms with Gasteiger partial charge in [-0.15, -0.1) is 0 Å². The highest BCUT2D eigenvalue weighted by Crippen LogP contribution is 2.35. The lowest BCUT2D eigenvalue weighted by molar-refractivity contribution is -0.114. The summed E-state index contributed by atoms with van der Waals surface area (Å²) >= 11 is 0. The van der Waals surface area contributed by atoms with Crippen molar-refractivity contribution in [1.82, 2.24) is 0 Å². The summed E-state index contributed by atoms with van der Waals surface area (Å²) in [4.78, 5) is 24.8. The Kier molecular flexibility index (Phi) is 4.20. The van der Waals surface area contributed by atoms with Gasteiger partial charge in [-0.25, -0.2) is 4.79 Å². The molecule has 0 bridgehead atoms. The van der Waals surface area contributed by atoms with Gasteiger partial charge in [0, 0.05) is 6.08 Å². The van der Waals surface area contributed by atoms with E-state index in [2.05, 4.69) is 0 Å².